The second-order valence-electron chi connectivity index (χ2n) is 13.5. The lowest BCUT2D eigenvalue weighted by molar-refractivity contribution is 0.507. The fraction of sp³-hybridized carbons (Fsp3) is 0.326. The summed E-state index contributed by atoms with van der Waals surface area (Å²) in [6.07, 6.45) is 35.1. The summed E-state index contributed by atoms with van der Waals surface area (Å²) in [7, 11) is 0. The molecule has 3 aromatic rings. The van der Waals surface area contributed by atoms with E-state index in [0.717, 1.165) is 38.5 Å². The molecule has 8 rings (SSSR count). The van der Waals surface area contributed by atoms with Gasteiger partial charge in [0.15, 0.2) is 0 Å². The van der Waals surface area contributed by atoms with Crippen molar-refractivity contribution in [1.29, 1.82) is 5.26 Å². The third-order valence-electron chi connectivity index (χ3n) is 10.8. The Morgan fingerprint density at radius 2 is 1.69 bits per heavy atom. The molecule has 0 radical (unpaired) electrons. The Morgan fingerprint density at radius 1 is 0.800 bits per heavy atom. The van der Waals surface area contributed by atoms with E-state index in [1.54, 1.807) is 0 Å². The summed E-state index contributed by atoms with van der Waals surface area (Å²) in [5.41, 5.74) is 12.9. The molecular weight excluding hydrogens is 544 g/mol. The summed E-state index contributed by atoms with van der Waals surface area (Å²) < 4.78 is 2.68. The van der Waals surface area contributed by atoms with Crippen molar-refractivity contribution in [3.05, 3.63) is 142 Å². The standard InChI is InChI=1S/C43H42N2/c44-29-30-16-18-32(19-17-30)37-12-7-13-39(27-37)45-42-15-5-4-14-40(42)41-28-38(24-25-43(41)45)34-22-20-33(21-23-34)36-11-6-10-35(26-36)31-8-2-1-3-9-31/h1-4,8-9,11,14,16,18-20,22,24-28,30,33-34,39H,5-7,10,12-13,15,17,21,23H2. The maximum Gasteiger partial charge on any atom is 0.0700 e. The zero-order chi connectivity index (χ0) is 30.2. The van der Waals surface area contributed by atoms with Crippen LogP contribution in [0.3, 0.4) is 0 Å². The second kappa shape index (κ2) is 12.2. The molecule has 1 aromatic heterocycles. The van der Waals surface area contributed by atoms with Crippen LogP contribution in [-0.4, -0.2) is 4.57 Å². The molecule has 0 spiro atoms. The molecule has 0 saturated carbocycles. The molecule has 4 unspecified atom stereocenters. The minimum Gasteiger partial charge on any atom is -0.337 e. The molecular formula is C43H42N2. The van der Waals surface area contributed by atoms with Gasteiger partial charge in [0.2, 0.25) is 0 Å². The zero-order valence-corrected chi connectivity index (χ0v) is 26.2. The van der Waals surface area contributed by atoms with Crippen LogP contribution in [-0.2, 0) is 6.42 Å². The molecule has 45 heavy (non-hydrogen) atoms. The molecule has 0 fully saturated rings. The molecule has 0 bridgehead atoms. The minimum atomic E-state index is 0.0220. The molecule has 0 aliphatic heterocycles. The van der Waals surface area contributed by atoms with Gasteiger partial charge < -0.3 is 4.57 Å². The van der Waals surface area contributed by atoms with E-state index in [0.29, 0.717) is 17.9 Å². The van der Waals surface area contributed by atoms with Crippen molar-refractivity contribution in [2.24, 2.45) is 11.8 Å². The number of fused-ring (bicyclic) bond motifs is 3. The minimum absolute atomic E-state index is 0.0220. The first kappa shape index (κ1) is 28.1. The van der Waals surface area contributed by atoms with E-state index in [9.17, 15) is 5.26 Å². The Kier molecular flexibility index (Phi) is 7.64. The number of aromatic nitrogens is 1. The SMILES string of the molecule is N#CC1C=CC(C2=CC(n3c4c(c5cc(C6C=CC(C7=CCCC(c8ccccc8)=C7)CC6)ccc53)C=CCC4)CCC2)=CC1. The highest BCUT2D eigenvalue weighted by molar-refractivity contribution is 5.93. The van der Waals surface area contributed by atoms with Gasteiger partial charge in [0.1, 0.15) is 0 Å². The van der Waals surface area contributed by atoms with Crippen molar-refractivity contribution in [2.45, 2.75) is 76.2 Å². The van der Waals surface area contributed by atoms with Crippen LogP contribution < -0.4 is 0 Å². The number of allylic oxidation sites excluding steroid dienone is 13. The van der Waals surface area contributed by atoms with E-state index < -0.39 is 0 Å². The predicted molar refractivity (Wildman–Crippen MR) is 188 cm³/mol. The summed E-state index contributed by atoms with van der Waals surface area (Å²) >= 11 is 0. The normalized spacial score (nSPS) is 26.0. The van der Waals surface area contributed by atoms with Crippen molar-refractivity contribution in [3.8, 4) is 6.07 Å². The first-order valence-corrected chi connectivity index (χ1v) is 17.2. The lowest BCUT2D eigenvalue weighted by atomic mass is 9.78. The van der Waals surface area contributed by atoms with E-state index in [1.807, 2.05) is 0 Å². The molecule has 0 N–H and O–H groups in total. The fourth-order valence-electron chi connectivity index (χ4n) is 8.42. The smallest absolute Gasteiger partial charge is 0.0700 e. The van der Waals surface area contributed by atoms with Crippen molar-refractivity contribution in [1.82, 2.24) is 4.57 Å². The molecule has 1 heterocycles. The second-order valence-corrected chi connectivity index (χ2v) is 13.5. The van der Waals surface area contributed by atoms with Crippen LogP contribution in [0.1, 0.15) is 92.1 Å². The Hall–Kier alpha value is -4.35. The maximum absolute atomic E-state index is 9.32. The van der Waals surface area contributed by atoms with Crippen LogP contribution in [0.2, 0.25) is 0 Å². The van der Waals surface area contributed by atoms with Gasteiger partial charge in [-0.2, -0.15) is 5.26 Å². The molecule has 0 saturated heterocycles. The highest BCUT2D eigenvalue weighted by atomic mass is 15.0. The van der Waals surface area contributed by atoms with Crippen LogP contribution in [0.4, 0.5) is 0 Å². The van der Waals surface area contributed by atoms with Gasteiger partial charge in [-0.25, -0.2) is 0 Å². The van der Waals surface area contributed by atoms with Gasteiger partial charge in [0.25, 0.3) is 0 Å². The molecule has 5 aliphatic carbocycles. The van der Waals surface area contributed by atoms with E-state index in [4.69, 9.17) is 0 Å². The number of rotatable bonds is 5. The molecule has 224 valence electrons. The third-order valence-corrected chi connectivity index (χ3v) is 10.8. The summed E-state index contributed by atoms with van der Waals surface area (Å²) in [6.45, 7) is 0. The van der Waals surface area contributed by atoms with Crippen LogP contribution >= 0.6 is 0 Å². The fourth-order valence-corrected chi connectivity index (χ4v) is 8.42. The van der Waals surface area contributed by atoms with Gasteiger partial charge in [-0.1, -0.05) is 97.2 Å². The Balaban J connectivity index is 1.07. The first-order chi connectivity index (χ1) is 22.2. The molecule has 0 amide bonds. The van der Waals surface area contributed by atoms with Gasteiger partial charge >= 0.3 is 0 Å². The Morgan fingerprint density at radius 3 is 2.51 bits per heavy atom. The monoisotopic (exact) mass is 586 g/mol. The highest BCUT2D eigenvalue weighted by Gasteiger charge is 2.27. The zero-order valence-electron chi connectivity index (χ0n) is 26.2. The molecule has 2 nitrogen and oxygen atoms in total. The van der Waals surface area contributed by atoms with E-state index >= 15 is 0 Å². The first-order valence-electron chi connectivity index (χ1n) is 17.2. The number of hydrogen-bond donors (Lipinski definition) is 0. The average Bonchev–Trinajstić information content (AvgIpc) is 3.46. The van der Waals surface area contributed by atoms with E-state index in [-0.39, 0.29) is 5.92 Å². The quantitative estimate of drug-likeness (QED) is 0.273. The number of nitriles is 1. The van der Waals surface area contributed by atoms with Crippen molar-refractivity contribution in [3.63, 3.8) is 0 Å². The van der Waals surface area contributed by atoms with Gasteiger partial charge in [-0.3, -0.25) is 0 Å². The van der Waals surface area contributed by atoms with Crippen molar-refractivity contribution < 1.29 is 0 Å². The lowest BCUT2D eigenvalue weighted by Crippen LogP contribution is -2.15. The number of benzene rings is 2. The highest BCUT2D eigenvalue weighted by Crippen LogP contribution is 2.42. The lowest BCUT2D eigenvalue weighted by Gasteiger charge is -2.27. The Bertz CT molecular complexity index is 1880. The van der Waals surface area contributed by atoms with E-state index in [2.05, 4.69) is 120 Å². The van der Waals surface area contributed by atoms with Gasteiger partial charge in [0, 0.05) is 34.0 Å². The molecule has 5 aliphatic rings. The number of hydrogen-bond acceptors (Lipinski definition) is 1. The topological polar surface area (TPSA) is 28.7 Å². The molecule has 2 heteroatoms. The van der Waals surface area contributed by atoms with Crippen LogP contribution in [0.5, 0.6) is 0 Å². The van der Waals surface area contributed by atoms with Crippen molar-refractivity contribution in [2.75, 3.05) is 0 Å². The average molecular weight is 587 g/mol. The van der Waals surface area contributed by atoms with Crippen molar-refractivity contribution >= 4 is 22.6 Å². The van der Waals surface area contributed by atoms with Gasteiger partial charge in [-0.15, -0.1) is 0 Å². The summed E-state index contributed by atoms with van der Waals surface area (Å²) in [4.78, 5) is 0. The van der Waals surface area contributed by atoms with Gasteiger partial charge in [0.05, 0.1) is 18.0 Å². The molecule has 2 aromatic carbocycles. The number of nitrogens with zero attached hydrogens (tertiary/aromatic N) is 2. The van der Waals surface area contributed by atoms with E-state index in [1.165, 1.54) is 81.3 Å². The summed E-state index contributed by atoms with van der Waals surface area (Å²) in [6, 6.07) is 21.0. The third kappa shape index (κ3) is 5.44. The largest absolute Gasteiger partial charge is 0.337 e. The van der Waals surface area contributed by atoms with Crippen LogP contribution in [0, 0.1) is 23.2 Å². The predicted octanol–water partition coefficient (Wildman–Crippen LogP) is 11.1. The molecule has 4 atom stereocenters. The summed E-state index contributed by atoms with van der Waals surface area (Å²) in [5.74, 6) is 1.02. The Labute approximate surface area is 268 Å². The van der Waals surface area contributed by atoms with Crippen LogP contribution in [0.25, 0.3) is 22.6 Å². The van der Waals surface area contributed by atoms with Gasteiger partial charge in [-0.05, 0) is 110 Å². The summed E-state index contributed by atoms with van der Waals surface area (Å²) in [5, 5.41) is 10.7. The maximum atomic E-state index is 9.32. The van der Waals surface area contributed by atoms with Crippen LogP contribution in [0.15, 0.2) is 120 Å².